The molecule has 0 bridgehead atoms. The van der Waals surface area contributed by atoms with Crippen molar-refractivity contribution in [2.45, 2.75) is 219 Å². The molecular weight excluding hydrogens is 518 g/mol. The first-order chi connectivity index (χ1) is 20.7. The monoisotopic (exact) mass is 594 g/mol. The van der Waals surface area contributed by atoms with Crippen LogP contribution in [0.2, 0.25) is 0 Å². The van der Waals surface area contributed by atoms with Crippen molar-refractivity contribution in [1.82, 2.24) is 5.32 Å². The number of nitrogens with one attached hydrogen (secondary N) is 1. The van der Waals surface area contributed by atoms with E-state index in [0.29, 0.717) is 6.42 Å². The van der Waals surface area contributed by atoms with E-state index in [1.165, 1.54) is 161 Å². The van der Waals surface area contributed by atoms with Crippen LogP contribution in [0.3, 0.4) is 0 Å². The molecule has 0 aliphatic heterocycles. The van der Waals surface area contributed by atoms with Crippen LogP contribution in [0.4, 0.5) is 0 Å². The zero-order valence-electron chi connectivity index (χ0n) is 28.5. The van der Waals surface area contributed by atoms with Gasteiger partial charge < -0.3 is 15.5 Å². The summed E-state index contributed by atoms with van der Waals surface area (Å²) in [6.45, 7) is 4.31. The van der Waals surface area contributed by atoms with E-state index in [2.05, 4.69) is 19.2 Å². The molecule has 0 aromatic rings. The van der Waals surface area contributed by atoms with E-state index in [9.17, 15) is 15.0 Å². The maximum atomic E-state index is 12.3. The molecule has 0 saturated heterocycles. The minimum atomic E-state index is -0.831. The molecule has 0 aliphatic rings. The first kappa shape index (κ1) is 41.1. The number of hydrogen-bond donors (Lipinski definition) is 3. The van der Waals surface area contributed by atoms with Gasteiger partial charge in [-0.05, 0) is 19.3 Å². The van der Waals surface area contributed by atoms with Gasteiger partial charge in [-0.3, -0.25) is 4.79 Å². The molecule has 0 aliphatic carbocycles. The zero-order valence-corrected chi connectivity index (χ0v) is 28.5. The molecule has 0 heterocycles. The second-order valence-corrected chi connectivity index (χ2v) is 13.0. The van der Waals surface area contributed by atoms with Gasteiger partial charge in [0.2, 0.25) is 5.91 Å². The molecule has 0 rings (SSSR count). The van der Waals surface area contributed by atoms with Gasteiger partial charge in [-0.2, -0.15) is 0 Å². The number of carbonyl (C=O) groups excluding carboxylic acids is 1. The van der Waals surface area contributed by atoms with Gasteiger partial charge in [0, 0.05) is 6.42 Å². The summed E-state index contributed by atoms with van der Waals surface area (Å²) in [6.07, 6.45) is 41.5. The van der Waals surface area contributed by atoms with E-state index >= 15 is 0 Å². The highest BCUT2D eigenvalue weighted by Crippen LogP contribution is 2.15. The number of aliphatic hydroxyl groups is 2. The first-order valence-electron chi connectivity index (χ1n) is 18.9. The van der Waals surface area contributed by atoms with Crippen LogP contribution in [0.25, 0.3) is 0 Å². The lowest BCUT2D eigenvalue weighted by molar-refractivity contribution is -0.123. The highest BCUT2D eigenvalue weighted by Gasteiger charge is 2.17. The predicted molar refractivity (Wildman–Crippen MR) is 184 cm³/mol. The van der Waals surface area contributed by atoms with E-state index < -0.39 is 12.1 Å². The minimum absolute atomic E-state index is 0.0622. The van der Waals surface area contributed by atoms with Crippen molar-refractivity contribution in [2.24, 2.45) is 0 Å². The molecule has 0 saturated carbocycles. The molecule has 0 radical (unpaired) electrons. The number of carbonyl (C=O) groups is 1. The Morgan fingerprint density at radius 1 is 0.548 bits per heavy atom. The Morgan fingerprint density at radius 2 is 0.881 bits per heavy atom. The maximum absolute atomic E-state index is 12.3. The van der Waals surface area contributed by atoms with Gasteiger partial charge in [-0.15, -0.1) is 0 Å². The number of allylic oxidation sites excluding steroid dienone is 1. The fraction of sp³-hybridized carbons (Fsp3) is 0.921. The van der Waals surface area contributed by atoms with Crippen LogP contribution in [0, 0.1) is 0 Å². The van der Waals surface area contributed by atoms with Gasteiger partial charge in [0.1, 0.15) is 0 Å². The van der Waals surface area contributed by atoms with E-state index in [1.54, 1.807) is 6.08 Å². The van der Waals surface area contributed by atoms with Gasteiger partial charge in [0.05, 0.1) is 18.8 Å². The van der Waals surface area contributed by atoms with E-state index in [1.807, 2.05) is 6.08 Å². The van der Waals surface area contributed by atoms with Crippen molar-refractivity contribution in [3.05, 3.63) is 12.2 Å². The molecule has 2 atom stereocenters. The quantitative estimate of drug-likeness (QED) is 0.0513. The Kier molecular flexibility index (Phi) is 33.9. The Labute approximate surface area is 263 Å². The largest absolute Gasteiger partial charge is 0.394 e. The summed E-state index contributed by atoms with van der Waals surface area (Å²) in [6, 6.07) is -0.614. The third-order valence-corrected chi connectivity index (χ3v) is 8.77. The molecule has 0 fully saturated rings. The molecule has 0 spiro atoms. The number of rotatable bonds is 34. The normalized spacial score (nSPS) is 13.1. The molecule has 0 aromatic carbocycles. The van der Waals surface area contributed by atoms with Gasteiger partial charge >= 0.3 is 0 Å². The van der Waals surface area contributed by atoms with Crippen molar-refractivity contribution in [3.63, 3.8) is 0 Å². The smallest absolute Gasteiger partial charge is 0.220 e. The summed E-state index contributed by atoms with van der Waals surface area (Å²) in [4.78, 5) is 12.3. The summed E-state index contributed by atoms with van der Waals surface area (Å²) in [5.41, 5.74) is 0. The van der Waals surface area contributed by atoms with Gasteiger partial charge in [0.15, 0.2) is 0 Å². The zero-order chi connectivity index (χ0) is 30.8. The molecule has 250 valence electrons. The fourth-order valence-electron chi connectivity index (χ4n) is 5.82. The topological polar surface area (TPSA) is 69.6 Å². The van der Waals surface area contributed by atoms with Crippen LogP contribution in [0.15, 0.2) is 12.2 Å². The molecule has 1 amide bonds. The number of hydrogen-bond acceptors (Lipinski definition) is 3. The molecule has 4 nitrogen and oxygen atoms in total. The standard InChI is InChI=1S/C38H75NO3/c1-3-5-7-9-11-13-15-17-18-19-20-22-24-26-28-30-32-34-38(42)39-36(35-40)37(41)33-31-29-27-25-23-21-16-14-12-10-8-6-4-2/h31,33,36-37,40-41H,3-30,32,34-35H2,1-2H3,(H,39,42)/b33-31+. The molecule has 4 heteroatoms. The van der Waals surface area contributed by atoms with Crippen molar-refractivity contribution in [2.75, 3.05) is 6.61 Å². The van der Waals surface area contributed by atoms with Crippen molar-refractivity contribution in [3.8, 4) is 0 Å². The number of aliphatic hydroxyl groups excluding tert-OH is 2. The SMILES string of the molecule is CCCCCCCCCCCCC/C=C/C(O)C(CO)NC(=O)CCCCCCCCCCCCCCCCCCC. The predicted octanol–water partition coefficient (Wildman–Crippen LogP) is 11.1. The summed E-state index contributed by atoms with van der Waals surface area (Å²) in [5.74, 6) is -0.0622. The average molecular weight is 594 g/mol. The summed E-state index contributed by atoms with van der Waals surface area (Å²) < 4.78 is 0. The fourth-order valence-corrected chi connectivity index (χ4v) is 5.82. The van der Waals surface area contributed by atoms with E-state index in [4.69, 9.17) is 0 Å². The lowest BCUT2D eigenvalue weighted by atomic mass is 10.0. The van der Waals surface area contributed by atoms with Gasteiger partial charge in [-0.25, -0.2) is 0 Å². The highest BCUT2D eigenvalue weighted by molar-refractivity contribution is 5.76. The number of unbranched alkanes of at least 4 members (excludes halogenated alkanes) is 27. The van der Waals surface area contributed by atoms with E-state index in [0.717, 1.165) is 25.7 Å². The van der Waals surface area contributed by atoms with Crippen LogP contribution in [-0.2, 0) is 4.79 Å². The second kappa shape index (κ2) is 34.6. The van der Waals surface area contributed by atoms with Crippen LogP contribution >= 0.6 is 0 Å². The first-order valence-corrected chi connectivity index (χ1v) is 18.9. The Hall–Kier alpha value is -0.870. The maximum Gasteiger partial charge on any atom is 0.220 e. The van der Waals surface area contributed by atoms with Crippen LogP contribution in [-0.4, -0.2) is 34.9 Å². The molecular formula is C38H75NO3. The molecule has 42 heavy (non-hydrogen) atoms. The van der Waals surface area contributed by atoms with Crippen molar-refractivity contribution >= 4 is 5.91 Å². The summed E-state index contributed by atoms with van der Waals surface area (Å²) in [7, 11) is 0. The lowest BCUT2D eigenvalue weighted by Gasteiger charge is -2.20. The highest BCUT2D eigenvalue weighted by atomic mass is 16.3. The van der Waals surface area contributed by atoms with Crippen LogP contribution in [0.1, 0.15) is 206 Å². The third kappa shape index (κ3) is 30.6. The average Bonchev–Trinajstić information content (AvgIpc) is 2.99. The van der Waals surface area contributed by atoms with Gasteiger partial charge in [-0.1, -0.05) is 193 Å². The molecule has 0 aromatic heterocycles. The Bertz CT molecular complexity index is 565. The van der Waals surface area contributed by atoms with Crippen LogP contribution in [0.5, 0.6) is 0 Å². The second-order valence-electron chi connectivity index (χ2n) is 13.0. The van der Waals surface area contributed by atoms with Crippen molar-refractivity contribution < 1.29 is 15.0 Å². The third-order valence-electron chi connectivity index (χ3n) is 8.77. The Morgan fingerprint density at radius 3 is 1.24 bits per heavy atom. The summed E-state index contributed by atoms with van der Waals surface area (Å²) in [5, 5.41) is 22.9. The lowest BCUT2D eigenvalue weighted by Crippen LogP contribution is -2.45. The minimum Gasteiger partial charge on any atom is -0.394 e. The summed E-state index contributed by atoms with van der Waals surface area (Å²) >= 11 is 0. The van der Waals surface area contributed by atoms with Crippen LogP contribution < -0.4 is 5.32 Å². The van der Waals surface area contributed by atoms with E-state index in [-0.39, 0.29) is 12.5 Å². The Balaban J connectivity index is 3.57. The van der Waals surface area contributed by atoms with Crippen molar-refractivity contribution in [1.29, 1.82) is 0 Å². The molecule has 2 unspecified atom stereocenters. The number of amides is 1. The molecule has 3 N–H and O–H groups in total. The van der Waals surface area contributed by atoms with Gasteiger partial charge in [0.25, 0.3) is 0 Å².